The van der Waals surface area contributed by atoms with Crippen LogP contribution in [0.5, 0.6) is 0 Å². The van der Waals surface area contributed by atoms with E-state index >= 15 is 0 Å². The lowest BCUT2D eigenvalue weighted by molar-refractivity contribution is -0.125. The zero-order valence-corrected chi connectivity index (χ0v) is 11.6. The lowest BCUT2D eigenvalue weighted by Gasteiger charge is -2.25. The first-order valence-corrected chi connectivity index (χ1v) is 7.93. The van der Waals surface area contributed by atoms with Crippen molar-refractivity contribution in [3.63, 3.8) is 0 Å². The number of fused-ring (bicyclic) bond motifs is 6. The summed E-state index contributed by atoms with van der Waals surface area (Å²) >= 11 is 0. The van der Waals surface area contributed by atoms with Crippen molar-refractivity contribution in [1.82, 2.24) is 0 Å². The van der Waals surface area contributed by atoms with Crippen LogP contribution in [0.4, 0.5) is 0 Å². The first-order valence-electron chi connectivity index (χ1n) is 7.93. The van der Waals surface area contributed by atoms with Crippen LogP contribution >= 0.6 is 0 Å². The predicted octanol–water partition coefficient (Wildman–Crippen LogP) is 0.683. The molecule has 6 rings (SSSR count). The van der Waals surface area contributed by atoms with E-state index in [1.165, 1.54) is 0 Å². The zero-order valence-electron chi connectivity index (χ0n) is 11.6. The van der Waals surface area contributed by atoms with E-state index in [1.54, 1.807) is 13.8 Å². The summed E-state index contributed by atoms with van der Waals surface area (Å²) in [7, 11) is 0. The Morgan fingerprint density at radius 1 is 0.600 bits per heavy atom. The second-order valence-corrected chi connectivity index (χ2v) is 7.87. The molecule has 6 fully saturated rings. The van der Waals surface area contributed by atoms with Gasteiger partial charge in [0.25, 0.3) is 0 Å². The van der Waals surface area contributed by atoms with Crippen molar-refractivity contribution in [3.05, 3.63) is 0 Å². The van der Waals surface area contributed by atoms with Crippen LogP contribution in [-0.2, 0) is 19.1 Å². The fraction of sp³-hybridized carbons (Fsp3) is 0.875. The molecule has 4 heteroatoms. The zero-order chi connectivity index (χ0) is 13.5. The number of hydrogen-bond acceptors (Lipinski definition) is 4. The molecule has 2 heterocycles. The minimum absolute atomic E-state index is 0.137. The maximum Gasteiger partial charge on any atom is 0.133 e. The second-order valence-electron chi connectivity index (χ2n) is 7.87. The minimum atomic E-state index is 0.137. The maximum absolute atomic E-state index is 12.2. The quantitative estimate of drug-likeness (QED) is 0.695. The van der Waals surface area contributed by atoms with E-state index in [1.807, 2.05) is 0 Å². The van der Waals surface area contributed by atoms with Gasteiger partial charge in [0.2, 0.25) is 0 Å². The molecule has 0 bridgehead atoms. The molecule has 0 aromatic carbocycles. The first-order chi connectivity index (χ1) is 9.61. The molecule has 0 N–H and O–H groups in total. The summed E-state index contributed by atoms with van der Waals surface area (Å²) in [5.41, 5.74) is 0. The van der Waals surface area contributed by atoms with Crippen LogP contribution < -0.4 is 0 Å². The Labute approximate surface area is 117 Å². The summed E-state index contributed by atoms with van der Waals surface area (Å²) in [6.45, 7) is 3.48. The summed E-state index contributed by atoms with van der Waals surface area (Å²) in [6.07, 6.45) is 1.07. The number of hydrogen-bond donors (Lipinski definition) is 0. The van der Waals surface area contributed by atoms with Gasteiger partial charge in [0.05, 0.1) is 24.4 Å². The average Bonchev–Trinajstić information content (AvgIpc) is 3.19. The second kappa shape index (κ2) is 2.91. The summed E-state index contributed by atoms with van der Waals surface area (Å²) in [6, 6.07) is 0. The molecule has 106 valence electrons. The Bertz CT molecular complexity index is 489. The van der Waals surface area contributed by atoms with Gasteiger partial charge < -0.3 is 9.47 Å². The van der Waals surface area contributed by atoms with Crippen molar-refractivity contribution >= 4 is 11.6 Å². The Kier molecular flexibility index (Phi) is 1.59. The smallest absolute Gasteiger partial charge is 0.133 e. The van der Waals surface area contributed by atoms with E-state index in [-0.39, 0.29) is 36.3 Å². The minimum Gasteiger partial charge on any atom is -0.369 e. The molecule has 0 radical (unpaired) electrons. The Hall–Kier alpha value is -0.740. The monoisotopic (exact) mass is 274 g/mol. The topological polar surface area (TPSA) is 59.2 Å². The molecule has 4 aliphatic carbocycles. The number of ether oxygens (including phenoxy) is 2. The standard InChI is InChI=1S/C16H18O4/c1-3(17)5-9-7-8-10(5)14-16(20-14)12(8)6(4(2)18)11(7)15-13(9)19-15/h5-16H,1-2H3/t5?,6?,7?,8?,9-,10-,11-,12+,13+,14-,15-,16+/m0/s1. The fourth-order valence-electron chi connectivity index (χ4n) is 7.30. The Morgan fingerprint density at radius 3 is 1.15 bits per heavy atom. The number of carbonyl (C=O) groups is 2. The van der Waals surface area contributed by atoms with Gasteiger partial charge in [0.15, 0.2) is 0 Å². The van der Waals surface area contributed by atoms with Crippen molar-refractivity contribution in [2.24, 2.45) is 47.3 Å². The maximum atomic E-state index is 12.2. The molecule has 0 amide bonds. The van der Waals surface area contributed by atoms with E-state index in [2.05, 4.69) is 0 Å². The van der Waals surface area contributed by atoms with Gasteiger partial charge in [-0.1, -0.05) is 0 Å². The molecular weight excluding hydrogens is 256 g/mol. The normalized spacial score (nSPS) is 69.5. The summed E-state index contributed by atoms with van der Waals surface area (Å²) in [4.78, 5) is 24.4. The van der Waals surface area contributed by atoms with E-state index in [9.17, 15) is 9.59 Å². The number of ketones is 2. The molecule has 4 unspecified atom stereocenters. The highest BCUT2D eigenvalue weighted by Gasteiger charge is 2.84. The van der Waals surface area contributed by atoms with Crippen molar-refractivity contribution in [2.75, 3.05) is 0 Å². The lowest BCUT2D eigenvalue weighted by atomic mass is 9.80. The molecular formula is C16H18O4. The van der Waals surface area contributed by atoms with Crippen molar-refractivity contribution in [1.29, 1.82) is 0 Å². The summed E-state index contributed by atoms with van der Waals surface area (Å²) < 4.78 is 11.8. The first kappa shape index (κ1) is 10.9. The van der Waals surface area contributed by atoms with E-state index in [0.29, 0.717) is 47.1 Å². The van der Waals surface area contributed by atoms with Crippen LogP contribution in [0.25, 0.3) is 0 Å². The van der Waals surface area contributed by atoms with Crippen molar-refractivity contribution < 1.29 is 19.1 Å². The molecule has 12 atom stereocenters. The summed E-state index contributed by atoms with van der Waals surface area (Å²) in [5, 5.41) is 0. The van der Waals surface area contributed by atoms with E-state index < -0.39 is 0 Å². The van der Waals surface area contributed by atoms with Gasteiger partial charge in [-0.05, 0) is 25.7 Å². The van der Waals surface area contributed by atoms with Gasteiger partial charge in [-0.25, -0.2) is 0 Å². The molecule has 4 saturated carbocycles. The van der Waals surface area contributed by atoms with Gasteiger partial charge in [-0.15, -0.1) is 0 Å². The molecule has 0 aromatic rings. The van der Waals surface area contributed by atoms with Gasteiger partial charge in [-0.2, -0.15) is 0 Å². The lowest BCUT2D eigenvalue weighted by Crippen LogP contribution is -2.31. The molecule has 2 saturated heterocycles. The van der Waals surface area contributed by atoms with Crippen LogP contribution in [0.1, 0.15) is 13.8 Å². The van der Waals surface area contributed by atoms with Gasteiger partial charge >= 0.3 is 0 Å². The number of rotatable bonds is 2. The largest absolute Gasteiger partial charge is 0.369 e. The third-order valence-electron chi connectivity index (χ3n) is 7.46. The molecule has 0 spiro atoms. The van der Waals surface area contributed by atoms with Crippen LogP contribution in [-0.4, -0.2) is 36.0 Å². The molecule has 0 aromatic heterocycles. The molecule has 20 heavy (non-hydrogen) atoms. The van der Waals surface area contributed by atoms with Crippen LogP contribution in [0.15, 0.2) is 0 Å². The third kappa shape index (κ3) is 0.899. The van der Waals surface area contributed by atoms with Crippen LogP contribution in [0.3, 0.4) is 0 Å². The van der Waals surface area contributed by atoms with Crippen LogP contribution in [0.2, 0.25) is 0 Å². The van der Waals surface area contributed by atoms with Gasteiger partial charge in [0.1, 0.15) is 11.6 Å². The van der Waals surface area contributed by atoms with Crippen molar-refractivity contribution in [2.45, 2.75) is 38.3 Å². The van der Waals surface area contributed by atoms with E-state index in [4.69, 9.17) is 9.47 Å². The highest BCUT2D eigenvalue weighted by atomic mass is 16.6. The third-order valence-corrected chi connectivity index (χ3v) is 7.46. The SMILES string of the molecule is CC(=O)C1[C@H]2C3C4[C@@H](C(C(C)=O)[C@@H]3[C@@H]3O[C@H]23)[C@H]2O[C@H]2[C@@H]14. The number of carbonyl (C=O) groups excluding carboxylic acids is 2. The Morgan fingerprint density at radius 2 is 0.900 bits per heavy atom. The number of epoxide rings is 2. The molecule has 4 nitrogen and oxygen atoms in total. The predicted molar refractivity (Wildman–Crippen MR) is 66.6 cm³/mol. The fourth-order valence-corrected chi connectivity index (χ4v) is 7.30. The van der Waals surface area contributed by atoms with E-state index in [0.717, 1.165) is 0 Å². The van der Waals surface area contributed by atoms with Gasteiger partial charge in [0, 0.05) is 35.5 Å². The highest BCUT2D eigenvalue weighted by Crippen LogP contribution is 2.78. The Balaban J connectivity index is 1.55. The number of Topliss-reactive ketones (excluding diaryl/α,β-unsaturated/α-hetero) is 2. The molecule has 2 aliphatic heterocycles. The summed E-state index contributed by atoms with van der Waals surface area (Å²) in [5.74, 6) is 3.57. The highest BCUT2D eigenvalue weighted by molar-refractivity contribution is 5.83. The van der Waals surface area contributed by atoms with Crippen LogP contribution in [0, 0.1) is 47.3 Å². The van der Waals surface area contributed by atoms with Gasteiger partial charge in [-0.3, -0.25) is 9.59 Å². The molecule has 6 aliphatic rings. The van der Waals surface area contributed by atoms with Crippen molar-refractivity contribution in [3.8, 4) is 0 Å². The average molecular weight is 274 g/mol.